The molecule has 10 N–H and O–H groups in total. The van der Waals surface area contributed by atoms with Gasteiger partial charge in [0, 0.05) is 18.3 Å². The van der Waals surface area contributed by atoms with Crippen LogP contribution in [0.2, 0.25) is 0 Å². The monoisotopic (exact) mass is 501 g/mol. The van der Waals surface area contributed by atoms with E-state index in [1.807, 2.05) is 6.26 Å². The summed E-state index contributed by atoms with van der Waals surface area (Å²) >= 11 is 1.44. The van der Waals surface area contributed by atoms with Crippen molar-refractivity contribution in [3.8, 4) is 0 Å². The molecule has 1 rings (SSSR count). The van der Waals surface area contributed by atoms with Crippen molar-refractivity contribution < 1.29 is 29.4 Å². The quantitative estimate of drug-likeness (QED) is 0.106. The number of imidazole rings is 1. The summed E-state index contributed by atoms with van der Waals surface area (Å²) in [7, 11) is 0. The average Bonchev–Trinajstić information content (AvgIpc) is 3.32. The van der Waals surface area contributed by atoms with E-state index in [4.69, 9.17) is 11.5 Å². The number of unbranched alkanes of at least 4 members (excludes halogenated alkanes) is 1. The van der Waals surface area contributed by atoms with Gasteiger partial charge in [0.05, 0.1) is 19.0 Å². The molecule has 14 heteroatoms. The number of amides is 3. The van der Waals surface area contributed by atoms with Gasteiger partial charge < -0.3 is 42.6 Å². The number of aliphatic hydroxyl groups excluding tert-OH is 1. The molecule has 0 spiro atoms. The molecule has 0 bridgehead atoms. The number of carbonyl (C=O) groups excluding carboxylic acids is 3. The van der Waals surface area contributed by atoms with E-state index >= 15 is 0 Å². The fourth-order valence-electron chi connectivity index (χ4n) is 2.98. The van der Waals surface area contributed by atoms with Gasteiger partial charge in [0.2, 0.25) is 17.7 Å². The first-order valence-electron chi connectivity index (χ1n) is 10.9. The van der Waals surface area contributed by atoms with Crippen molar-refractivity contribution in [2.75, 3.05) is 25.2 Å². The number of nitrogens with one attached hydrogen (secondary N) is 4. The molecule has 192 valence electrons. The topological polar surface area (TPSA) is 226 Å². The number of hydrogen-bond donors (Lipinski definition) is 8. The second-order valence-corrected chi connectivity index (χ2v) is 8.64. The highest BCUT2D eigenvalue weighted by molar-refractivity contribution is 7.98. The maximum Gasteiger partial charge on any atom is 0.326 e. The normalized spacial score (nSPS) is 14.5. The Morgan fingerprint density at radius 1 is 1.06 bits per heavy atom. The van der Waals surface area contributed by atoms with Crippen LogP contribution >= 0.6 is 11.8 Å². The number of carbonyl (C=O) groups is 4. The Morgan fingerprint density at radius 3 is 2.26 bits per heavy atom. The lowest BCUT2D eigenvalue weighted by Crippen LogP contribution is -2.58. The van der Waals surface area contributed by atoms with Gasteiger partial charge >= 0.3 is 5.97 Å². The number of aliphatic hydroxyl groups is 1. The maximum atomic E-state index is 12.8. The Morgan fingerprint density at radius 2 is 1.71 bits per heavy atom. The zero-order valence-corrected chi connectivity index (χ0v) is 20.0. The minimum absolute atomic E-state index is 0.0262. The van der Waals surface area contributed by atoms with Gasteiger partial charge in [0.1, 0.15) is 18.1 Å². The van der Waals surface area contributed by atoms with Crippen LogP contribution in [0.4, 0.5) is 0 Å². The molecule has 1 aromatic heterocycles. The van der Waals surface area contributed by atoms with E-state index in [0.29, 0.717) is 37.3 Å². The van der Waals surface area contributed by atoms with Gasteiger partial charge in [-0.2, -0.15) is 11.8 Å². The molecule has 4 unspecified atom stereocenters. The zero-order valence-electron chi connectivity index (χ0n) is 19.2. The van der Waals surface area contributed by atoms with Crippen molar-refractivity contribution in [2.24, 2.45) is 11.5 Å². The number of aromatic nitrogens is 2. The Hall–Kier alpha value is -2.68. The second-order valence-electron chi connectivity index (χ2n) is 7.66. The summed E-state index contributed by atoms with van der Waals surface area (Å²) in [6.07, 6.45) is 6.55. The molecule has 0 aliphatic carbocycles. The third-order valence-corrected chi connectivity index (χ3v) is 5.60. The number of carboxylic acid groups (broad SMARTS) is 1. The van der Waals surface area contributed by atoms with Crippen LogP contribution in [0, 0.1) is 0 Å². The van der Waals surface area contributed by atoms with Crippen LogP contribution in [0.5, 0.6) is 0 Å². The van der Waals surface area contributed by atoms with E-state index < -0.39 is 54.5 Å². The van der Waals surface area contributed by atoms with Crippen molar-refractivity contribution in [2.45, 2.75) is 56.3 Å². The van der Waals surface area contributed by atoms with Crippen LogP contribution in [0.3, 0.4) is 0 Å². The van der Waals surface area contributed by atoms with Crippen molar-refractivity contribution >= 4 is 35.5 Å². The zero-order chi connectivity index (χ0) is 25.5. The Labute approximate surface area is 202 Å². The number of aliphatic carboxylic acids is 1. The van der Waals surface area contributed by atoms with Crippen LogP contribution in [0.15, 0.2) is 12.5 Å². The highest BCUT2D eigenvalue weighted by Crippen LogP contribution is 2.05. The average molecular weight is 502 g/mol. The Balaban J connectivity index is 2.79. The molecule has 34 heavy (non-hydrogen) atoms. The van der Waals surface area contributed by atoms with E-state index in [2.05, 4.69) is 25.9 Å². The predicted molar refractivity (Wildman–Crippen MR) is 127 cm³/mol. The predicted octanol–water partition coefficient (Wildman–Crippen LogP) is -2.31. The number of rotatable bonds is 17. The van der Waals surface area contributed by atoms with Crippen LogP contribution in [-0.4, -0.2) is 93.2 Å². The highest BCUT2D eigenvalue weighted by atomic mass is 32.2. The fourth-order valence-corrected chi connectivity index (χ4v) is 3.45. The molecule has 0 aliphatic heterocycles. The van der Waals surface area contributed by atoms with Gasteiger partial charge in [-0.3, -0.25) is 14.4 Å². The van der Waals surface area contributed by atoms with E-state index in [-0.39, 0.29) is 12.8 Å². The summed E-state index contributed by atoms with van der Waals surface area (Å²) in [4.78, 5) is 56.0. The maximum absolute atomic E-state index is 12.8. The molecule has 0 aliphatic rings. The van der Waals surface area contributed by atoms with E-state index in [9.17, 15) is 29.4 Å². The minimum Gasteiger partial charge on any atom is -0.480 e. The minimum atomic E-state index is -1.32. The first kappa shape index (κ1) is 29.4. The van der Waals surface area contributed by atoms with Crippen LogP contribution < -0.4 is 27.4 Å². The summed E-state index contributed by atoms with van der Waals surface area (Å²) in [5, 5.41) is 26.4. The van der Waals surface area contributed by atoms with Gasteiger partial charge in [-0.15, -0.1) is 0 Å². The van der Waals surface area contributed by atoms with Crippen LogP contribution in [0.1, 0.15) is 31.4 Å². The van der Waals surface area contributed by atoms with E-state index in [1.54, 1.807) is 0 Å². The number of hydrogen-bond acceptors (Lipinski definition) is 9. The van der Waals surface area contributed by atoms with Gasteiger partial charge in [-0.05, 0) is 37.8 Å². The summed E-state index contributed by atoms with van der Waals surface area (Å²) in [6.45, 7) is -0.234. The molecule has 0 saturated heterocycles. The number of carboxylic acids is 1. The molecule has 0 fully saturated rings. The molecule has 1 heterocycles. The lowest BCUT2D eigenvalue weighted by Gasteiger charge is -2.24. The summed E-state index contributed by atoms with van der Waals surface area (Å²) in [5.41, 5.74) is 11.8. The lowest BCUT2D eigenvalue weighted by atomic mass is 10.1. The molecule has 13 nitrogen and oxygen atoms in total. The molecule has 0 saturated carbocycles. The van der Waals surface area contributed by atoms with Crippen molar-refractivity contribution in [1.29, 1.82) is 0 Å². The van der Waals surface area contributed by atoms with Crippen molar-refractivity contribution in [3.63, 3.8) is 0 Å². The van der Waals surface area contributed by atoms with E-state index in [0.717, 1.165) is 0 Å². The van der Waals surface area contributed by atoms with Crippen molar-refractivity contribution in [3.05, 3.63) is 18.2 Å². The number of H-pyrrole nitrogens is 1. The van der Waals surface area contributed by atoms with Gasteiger partial charge in [-0.25, -0.2) is 9.78 Å². The lowest BCUT2D eigenvalue weighted by molar-refractivity contribution is -0.142. The number of thioether (sulfide) groups is 1. The standard InChI is InChI=1S/C20H35N7O6S/c1-34-7-5-14(18(30)26-15(20(32)33)8-12-9-23-11-24-12)25-19(31)16(10-28)27-17(29)13(22)4-2-3-6-21/h9,11,13-16,28H,2-8,10,21-22H2,1H3,(H,23,24)(H,25,31)(H,26,30)(H,27,29)(H,32,33). The van der Waals surface area contributed by atoms with Crippen molar-refractivity contribution in [1.82, 2.24) is 25.9 Å². The molecule has 4 atom stereocenters. The molecular weight excluding hydrogens is 466 g/mol. The van der Waals surface area contributed by atoms with Crippen LogP contribution in [0.25, 0.3) is 0 Å². The van der Waals surface area contributed by atoms with Gasteiger partial charge in [0.25, 0.3) is 0 Å². The Kier molecular flexibility index (Phi) is 13.8. The number of aromatic amines is 1. The number of nitrogens with zero attached hydrogens (tertiary/aromatic N) is 1. The first-order chi connectivity index (χ1) is 16.2. The van der Waals surface area contributed by atoms with E-state index in [1.165, 1.54) is 24.3 Å². The highest BCUT2D eigenvalue weighted by Gasteiger charge is 2.30. The summed E-state index contributed by atoms with van der Waals surface area (Å²) in [5.74, 6) is -2.84. The molecular formula is C20H35N7O6S. The smallest absolute Gasteiger partial charge is 0.326 e. The third-order valence-electron chi connectivity index (χ3n) is 4.96. The molecule has 1 aromatic rings. The third kappa shape index (κ3) is 10.5. The molecule has 0 aromatic carbocycles. The summed E-state index contributed by atoms with van der Waals surface area (Å²) < 4.78 is 0. The SMILES string of the molecule is CSCCC(NC(=O)C(CO)NC(=O)C(N)CCCCN)C(=O)NC(Cc1cnc[nH]1)C(=O)O. The first-order valence-corrected chi connectivity index (χ1v) is 12.3. The fraction of sp³-hybridized carbons (Fsp3) is 0.650. The number of nitrogens with two attached hydrogens (primary N) is 2. The summed E-state index contributed by atoms with van der Waals surface area (Å²) in [6, 6.07) is -4.52. The van der Waals surface area contributed by atoms with Crippen LogP contribution in [-0.2, 0) is 25.6 Å². The molecule has 3 amide bonds. The largest absolute Gasteiger partial charge is 0.480 e. The molecule has 0 radical (unpaired) electrons. The Bertz CT molecular complexity index is 779. The second kappa shape index (κ2) is 16.0. The van der Waals surface area contributed by atoms with Gasteiger partial charge in [0.15, 0.2) is 0 Å². The van der Waals surface area contributed by atoms with Gasteiger partial charge in [-0.1, -0.05) is 6.42 Å².